The van der Waals surface area contributed by atoms with E-state index < -0.39 is 0 Å². The van der Waals surface area contributed by atoms with Crippen molar-refractivity contribution in [3.05, 3.63) is 60.7 Å². The molecular weight excluding hydrogens is 260 g/mol. The van der Waals surface area contributed by atoms with E-state index >= 15 is 0 Å². The van der Waals surface area contributed by atoms with Crippen molar-refractivity contribution in [2.45, 2.75) is 31.5 Å². The van der Waals surface area contributed by atoms with Crippen LogP contribution in [0.15, 0.2) is 49.6 Å². The number of fused-ring (bicyclic) bond motifs is 1. The van der Waals surface area contributed by atoms with Crippen molar-refractivity contribution in [2.75, 3.05) is 14.1 Å². The summed E-state index contributed by atoms with van der Waals surface area (Å²) >= 11 is 0. The predicted molar refractivity (Wildman–Crippen MR) is 87.1 cm³/mol. The summed E-state index contributed by atoms with van der Waals surface area (Å²) in [6.07, 6.45) is 5.24. The van der Waals surface area contributed by atoms with Crippen molar-refractivity contribution < 1.29 is 4.79 Å². The lowest BCUT2D eigenvalue weighted by Gasteiger charge is -2.44. The Bertz CT molecular complexity index is 552. The van der Waals surface area contributed by atoms with E-state index in [4.69, 9.17) is 0 Å². The Morgan fingerprint density at radius 3 is 2.33 bits per heavy atom. The number of hydrogen-bond donors (Lipinski definition) is 0. The second-order valence-corrected chi connectivity index (χ2v) is 5.83. The van der Waals surface area contributed by atoms with E-state index in [0.717, 1.165) is 24.0 Å². The van der Waals surface area contributed by atoms with Gasteiger partial charge in [0.15, 0.2) is 0 Å². The molecule has 1 amide bonds. The van der Waals surface area contributed by atoms with Gasteiger partial charge in [-0.05, 0) is 45.5 Å². The van der Waals surface area contributed by atoms with Crippen molar-refractivity contribution in [3.63, 3.8) is 0 Å². The average Bonchev–Trinajstić information content (AvgIpc) is 2.69. The van der Waals surface area contributed by atoms with Gasteiger partial charge in [-0.3, -0.25) is 9.69 Å². The normalized spacial score (nSPS) is 17.7. The number of rotatable bonds is 6. The SMILES string of the molecule is C=CCC1(CC=C)c2ccccc2C(=O)N1C(C)N(C)C. The Balaban J connectivity index is 2.65. The van der Waals surface area contributed by atoms with E-state index in [9.17, 15) is 4.79 Å². The molecule has 0 aliphatic carbocycles. The molecule has 21 heavy (non-hydrogen) atoms. The van der Waals surface area contributed by atoms with Crippen LogP contribution in [0.5, 0.6) is 0 Å². The van der Waals surface area contributed by atoms with Gasteiger partial charge in [-0.2, -0.15) is 0 Å². The molecule has 1 aliphatic rings. The van der Waals surface area contributed by atoms with Gasteiger partial charge in [-0.25, -0.2) is 0 Å². The summed E-state index contributed by atoms with van der Waals surface area (Å²) in [4.78, 5) is 17.0. The number of nitrogens with zero attached hydrogens (tertiary/aromatic N) is 2. The molecule has 1 aliphatic heterocycles. The lowest BCUT2D eigenvalue weighted by molar-refractivity contribution is 0.00830. The van der Waals surface area contributed by atoms with Gasteiger partial charge in [-0.1, -0.05) is 30.4 Å². The third-order valence-electron chi connectivity index (χ3n) is 4.42. The summed E-state index contributed by atoms with van der Waals surface area (Å²) in [7, 11) is 3.99. The number of amides is 1. The Morgan fingerprint density at radius 1 is 1.24 bits per heavy atom. The highest BCUT2D eigenvalue weighted by Crippen LogP contribution is 2.46. The largest absolute Gasteiger partial charge is 0.313 e. The Kier molecular flexibility index (Phi) is 4.33. The lowest BCUT2D eigenvalue weighted by atomic mass is 9.83. The van der Waals surface area contributed by atoms with E-state index in [-0.39, 0.29) is 17.6 Å². The molecule has 0 saturated heterocycles. The van der Waals surface area contributed by atoms with Crippen molar-refractivity contribution in [2.24, 2.45) is 0 Å². The van der Waals surface area contributed by atoms with Gasteiger partial charge in [0.2, 0.25) is 0 Å². The summed E-state index contributed by atoms with van der Waals surface area (Å²) in [6, 6.07) is 7.90. The van der Waals surface area contributed by atoms with Crippen molar-refractivity contribution >= 4 is 5.91 Å². The van der Waals surface area contributed by atoms with Crippen LogP contribution in [0.3, 0.4) is 0 Å². The van der Waals surface area contributed by atoms with Crippen LogP contribution in [-0.2, 0) is 5.54 Å². The molecule has 1 atom stereocenters. The molecule has 1 aromatic carbocycles. The Hall–Kier alpha value is -1.87. The zero-order chi connectivity index (χ0) is 15.6. The van der Waals surface area contributed by atoms with E-state index in [1.807, 2.05) is 49.3 Å². The fourth-order valence-electron chi connectivity index (χ4n) is 3.27. The molecule has 2 rings (SSSR count). The van der Waals surface area contributed by atoms with Gasteiger partial charge in [0.1, 0.15) is 0 Å². The molecule has 0 N–H and O–H groups in total. The van der Waals surface area contributed by atoms with E-state index in [1.165, 1.54) is 0 Å². The Labute approximate surface area is 127 Å². The first-order valence-corrected chi connectivity index (χ1v) is 7.31. The maximum atomic E-state index is 12.9. The number of benzene rings is 1. The monoisotopic (exact) mass is 284 g/mol. The van der Waals surface area contributed by atoms with Crippen molar-refractivity contribution in [1.82, 2.24) is 9.80 Å². The van der Waals surface area contributed by atoms with Gasteiger partial charge in [0, 0.05) is 5.56 Å². The van der Waals surface area contributed by atoms with Crippen LogP contribution in [0.2, 0.25) is 0 Å². The van der Waals surface area contributed by atoms with Crippen LogP contribution in [0.4, 0.5) is 0 Å². The summed E-state index contributed by atoms with van der Waals surface area (Å²) in [5.41, 5.74) is 1.51. The van der Waals surface area contributed by atoms with Crippen LogP contribution < -0.4 is 0 Å². The van der Waals surface area contributed by atoms with Crippen LogP contribution in [0, 0.1) is 0 Å². The fraction of sp³-hybridized carbons (Fsp3) is 0.389. The summed E-state index contributed by atoms with van der Waals surface area (Å²) in [5.74, 6) is 0.0931. The van der Waals surface area contributed by atoms with E-state index in [0.29, 0.717) is 0 Å². The number of carbonyl (C=O) groups is 1. The first kappa shape index (κ1) is 15.5. The summed E-state index contributed by atoms with van der Waals surface area (Å²) in [5, 5.41) is 0. The van der Waals surface area contributed by atoms with E-state index in [2.05, 4.69) is 31.0 Å². The van der Waals surface area contributed by atoms with Crippen LogP contribution in [0.25, 0.3) is 0 Å². The first-order chi connectivity index (χ1) is 9.99. The second-order valence-electron chi connectivity index (χ2n) is 5.83. The molecule has 0 spiro atoms. The minimum absolute atomic E-state index is 0.00444. The highest BCUT2D eigenvalue weighted by Gasteiger charge is 2.50. The lowest BCUT2D eigenvalue weighted by Crippen LogP contribution is -2.53. The van der Waals surface area contributed by atoms with Crippen LogP contribution in [-0.4, -0.2) is 36.0 Å². The number of hydrogen-bond acceptors (Lipinski definition) is 2. The van der Waals surface area contributed by atoms with Crippen LogP contribution >= 0.6 is 0 Å². The number of carbonyl (C=O) groups excluding carboxylic acids is 1. The predicted octanol–water partition coefficient (Wildman–Crippen LogP) is 3.40. The molecule has 0 saturated carbocycles. The molecule has 1 heterocycles. The molecule has 0 radical (unpaired) electrons. The molecule has 0 fully saturated rings. The van der Waals surface area contributed by atoms with Gasteiger partial charge in [0.05, 0.1) is 11.7 Å². The van der Waals surface area contributed by atoms with Crippen molar-refractivity contribution in [3.8, 4) is 0 Å². The van der Waals surface area contributed by atoms with Gasteiger partial charge in [-0.15, -0.1) is 13.2 Å². The molecule has 112 valence electrons. The quantitative estimate of drug-likeness (QED) is 0.748. The molecular formula is C18H24N2O. The average molecular weight is 284 g/mol. The molecule has 0 bridgehead atoms. The van der Waals surface area contributed by atoms with Gasteiger partial charge < -0.3 is 4.90 Å². The van der Waals surface area contributed by atoms with Gasteiger partial charge in [0.25, 0.3) is 5.91 Å². The standard InChI is InChI=1S/C18H24N2O/c1-6-12-18(13-7-2)16-11-9-8-10-15(16)17(21)20(18)14(3)19(4)5/h6-11,14H,1-2,12-13H2,3-5H3. The zero-order valence-electron chi connectivity index (χ0n) is 13.2. The highest BCUT2D eigenvalue weighted by atomic mass is 16.2. The van der Waals surface area contributed by atoms with Crippen molar-refractivity contribution in [1.29, 1.82) is 0 Å². The summed E-state index contributed by atoms with van der Waals surface area (Å²) < 4.78 is 0. The molecule has 1 aromatic rings. The first-order valence-electron chi connectivity index (χ1n) is 7.31. The second kappa shape index (κ2) is 5.86. The maximum Gasteiger partial charge on any atom is 0.256 e. The van der Waals surface area contributed by atoms with Crippen LogP contribution in [0.1, 0.15) is 35.7 Å². The maximum absolute atomic E-state index is 12.9. The van der Waals surface area contributed by atoms with E-state index in [1.54, 1.807) is 0 Å². The van der Waals surface area contributed by atoms with Gasteiger partial charge >= 0.3 is 0 Å². The Morgan fingerprint density at radius 2 is 1.81 bits per heavy atom. The highest BCUT2D eigenvalue weighted by molar-refractivity contribution is 6.00. The minimum Gasteiger partial charge on any atom is -0.313 e. The third kappa shape index (κ3) is 2.32. The summed E-state index contributed by atoms with van der Waals surface area (Å²) in [6.45, 7) is 9.86. The topological polar surface area (TPSA) is 23.6 Å². The molecule has 1 unspecified atom stereocenters. The molecule has 3 nitrogen and oxygen atoms in total. The molecule has 3 heteroatoms. The zero-order valence-corrected chi connectivity index (χ0v) is 13.2. The fourth-order valence-corrected chi connectivity index (χ4v) is 3.27. The minimum atomic E-state index is -0.374. The molecule has 0 aromatic heterocycles. The third-order valence-corrected chi connectivity index (χ3v) is 4.42. The smallest absolute Gasteiger partial charge is 0.256 e.